The van der Waals surface area contributed by atoms with Crippen molar-refractivity contribution in [2.24, 2.45) is 17.8 Å². The van der Waals surface area contributed by atoms with Crippen LogP contribution in [0.15, 0.2) is 54.7 Å². The standard InChI is InChI=1S/C26H27N3O3/c1-16(2)24-26(31)28-25-22(32-24)10-17(13-27-25)8-9-23(30)29-14-20-11-19(12-21(20)15-29)18-6-4-3-5-7-18/h3-11,13,16,20-21,24H,12,14-15H2,1-2H3,(H,27,28,31). The van der Waals surface area contributed by atoms with Crippen LogP contribution in [0.1, 0.15) is 31.4 Å². The third-order valence-corrected chi connectivity index (χ3v) is 6.50. The van der Waals surface area contributed by atoms with E-state index in [9.17, 15) is 9.59 Å². The highest BCUT2D eigenvalue weighted by Gasteiger charge is 2.37. The molecule has 3 heterocycles. The molecule has 6 heteroatoms. The van der Waals surface area contributed by atoms with Crippen molar-refractivity contribution in [1.82, 2.24) is 9.88 Å². The molecule has 0 radical (unpaired) electrons. The Morgan fingerprint density at radius 1 is 1.25 bits per heavy atom. The van der Waals surface area contributed by atoms with Gasteiger partial charge in [-0.3, -0.25) is 9.59 Å². The maximum atomic E-state index is 12.8. The Morgan fingerprint density at radius 2 is 2.06 bits per heavy atom. The number of rotatable bonds is 4. The van der Waals surface area contributed by atoms with Crippen LogP contribution in [0, 0.1) is 17.8 Å². The van der Waals surface area contributed by atoms with E-state index >= 15 is 0 Å². The summed E-state index contributed by atoms with van der Waals surface area (Å²) in [6.07, 6.45) is 7.84. The van der Waals surface area contributed by atoms with Crippen LogP contribution in [0.5, 0.6) is 5.75 Å². The Bertz CT molecular complexity index is 1110. The van der Waals surface area contributed by atoms with Crippen molar-refractivity contribution in [1.29, 1.82) is 0 Å². The van der Waals surface area contributed by atoms with E-state index in [2.05, 4.69) is 40.6 Å². The van der Waals surface area contributed by atoms with Crippen LogP contribution in [-0.4, -0.2) is 40.9 Å². The molecule has 1 aromatic carbocycles. The van der Waals surface area contributed by atoms with Gasteiger partial charge in [0.25, 0.3) is 5.91 Å². The van der Waals surface area contributed by atoms with E-state index < -0.39 is 6.10 Å². The molecule has 3 atom stereocenters. The van der Waals surface area contributed by atoms with E-state index in [0.717, 1.165) is 25.1 Å². The van der Waals surface area contributed by atoms with Crippen LogP contribution in [0.3, 0.4) is 0 Å². The number of hydrogen-bond acceptors (Lipinski definition) is 4. The average molecular weight is 430 g/mol. The van der Waals surface area contributed by atoms with Gasteiger partial charge in [-0.15, -0.1) is 0 Å². The summed E-state index contributed by atoms with van der Waals surface area (Å²) in [5.41, 5.74) is 3.45. The minimum atomic E-state index is -0.539. The van der Waals surface area contributed by atoms with Gasteiger partial charge in [-0.2, -0.15) is 0 Å². The molecule has 2 aliphatic heterocycles. The first kappa shape index (κ1) is 20.5. The molecule has 1 saturated heterocycles. The summed E-state index contributed by atoms with van der Waals surface area (Å²) in [5.74, 6) is 1.77. The van der Waals surface area contributed by atoms with E-state index in [-0.39, 0.29) is 17.7 Å². The van der Waals surface area contributed by atoms with Crippen molar-refractivity contribution in [2.45, 2.75) is 26.4 Å². The lowest BCUT2D eigenvalue weighted by Crippen LogP contribution is -2.40. The molecular formula is C26H27N3O3. The summed E-state index contributed by atoms with van der Waals surface area (Å²) in [4.78, 5) is 31.1. The average Bonchev–Trinajstić information content (AvgIpc) is 3.37. The number of nitrogens with one attached hydrogen (secondary N) is 1. The topological polar surface area (TPSA) is 71.5 Å². The summed E-state index contributed by atoms with van der Waals surface area (Å²) in [6.45, 7) is 5.43. The number of fused-ring (bicyclic) bond motifs is 2. The number of ether oxygens (including phenoxy) is 1. The number of pyridine rings is 1. The molecule has 3 aliphatic rings. The normalized spacial score (nSPS) is 24.2. The SMILES string of the molecule is CC(C)C1Oc2cc(C=CC(=O)N3CC4C=C(c5ccccc5)CC4C3)cnc2NC1=O. The highest BCUT2D eigenvalue weighted by atomic mass is 16.5. The third kappa shape index (κ3) is 3.93. The van der Waals surface area contributed by atoms with Gasteiger partial charge < -0.3 is 15.0 Å². The first-order valence-corrected chi connectivity index (χ1v) is 11.2. The number of aromatic nitrogens is 1. The first-order chi connectivity index (χ1) is 15.5. The summed E-state index contributed by atoms with van der Waals surface area (Å²) >= 11 is 0. The largest absolute Gasteiger partial charge is 0.476 e. The second kappa shape index (κ2) is 8.26. The van der Waals surface area contributed by atoms with Crippen molar-refractivity contribution < 1.29 is 14.3 Å². The van der Waals surface area contributed by atoms with E-state index in [1.54, 1.807) is 18.3 Å². The van der Waals surface area contributed by atoms with Gasteiger partial charge in [0, 0.05) is 25.4 Å². The second-order valence-corrected chi connectivity index (χ2v) is 9.15. The van der Waals surface area contributed by atoms with Gasteiger partial charge in [0.2, 0.25) is 5.91 Å². The zero-order valence-electron chi connectivity index (χ0n) is 18.3. The fraction of sp³-hybridized carbons (Fsp3) is 0.346. The molecule has 2 amide bonds. The number of anilines is 1. The number of likely N-dealkylation sites (tertiary alicyclic amines) is 1. The molecule has 1 N–H and O–H groups in total. The molecule has 5 rings (SSSR count). The lowest BCUT2D eigenvalue weighted by atomic mass is 9.98. The number of nitrogens with zero attached hydrogens (tertiary/aromatic N) is 2. The minimum absolute atomic E-state index is 0.0149. The Kier molecular flexibility index (Phi) is 5.29. The minimum Gasteiger partial charge on any atom is -0.476 e. The first-order valence-electron chi connectivity index (χ1n) is 11.2. The zero-order valence-corrected chi connectivity index (χ0v) is 18.3. The third-order valence-electron chi connectivity index (χ3n) is 6.50. The van der Waals surface area contributed by atoms with Crippen LogP contribution in [0.25, 0.3) is 11.6 Å². The molecule has 3 unspecified atom stereocenters. The number of carbonyl (C=O) groups is 2. The molecule has 1 aromatic heterocycles. The highest BCUT2D eigenvalue weighted by molar-refractivity contribution is 5.97. The molecule has 164 valence electrons. The maximum absolute atomic E-state index is 12.8. The van der Waals surface area contributed by atoms with E-state index in [1.807, 2.05) is 30.9 Å². The van der Waals surface area contributed by atoms with Gasteiger partial charge in [-0.05, 0) is 53.0 Å². The zero-order chi connectivity index (χ0) is 22.2. The van der Waals surface area contributed by atoms with Crippen LogP contribution in [0.4, 0.5) is 5.82 Å². The van der Waals surface area contributed by atoms with Crippen LogP contribution < -0.4 is 10.1 Å². The monoisotopic (exact) mass is 429 g/mol. The fourth-order valence-corrected chi connectivity index (χ4v) is 4.78. The van der Waals surface area contributed by atoms with Gasteiger partial charge >= 0.3 is 0 Å². The van der Waals surface area contributed by atoms with Crippen molar-refractivity contribution in [2.75, 3.05) is 18.4 Å². The van der Waals surface area contributed by atoms with Gasteiger partial charge in [0.15, 0.2) is 17.7 Å². The molecule has 6 nitrogen and oxygen atoms in total. The molecule has 1 fully saturated rings. The molecule has 0 bridgehead atoms. The van der Waals surface area contributed by atoms with E-state index in [4.69, 9.17) is 4.74 Å². The Balaban J connectivity index is 1.23. The molecular weight excluding hydrogens is 402 g/mol. The van der Waals surface area contributed by atoms with Crippen molar-refractivity contribution >= 4 is 29.3 Å². The molecule has 2 aromatic rings. The predicted molar refractivity (Wildman–Crippen MR) is 124 cm³/mol. The Labute approximate surface area is 188 Å². The van der Waals surface area contributed by atoms with Crippen molar-refractivity contribution in [3.05, 3.63) is 65.9 Å². The fourth-order valence-electron chi connectivity index (χ4n) is 4.78. The van der Waals surface area contributed by atoms with Crippen LogP contribution in [0.2, 0.25) is 0 Å². The Hall–Kier alpha value is -3.41. The lowest BCUT2D eigenvalue weighted by Gasteiger charge is -2.27. The smallest absolute Gasteiger partial charge is 0.266 e. The van der Waals surface area contributed by atoms with Gasteiger partial charge in [-0.25, -0.2) is 4.98 Å². The summed E-state index contributed by atoms with van der Waals surface area (Å²) < 4.78 is 5.84. The van der Waals surface area contributed by atoms with E-state index in [0.29, 0.717) is 23.4 Å². The summed E-state index contributed by atoms with van der Waals surface area (Å²) in [5, 5.41) is 2.79. The number of hydrogen-bond donors (Lipinski definition) is 1. The lowest BCUT2D eigenvalue weighted by molar-refractivity contribution is -0.126. The number of allylic oxidation sites excluding steroid dienone is 1. The molecule has 0 spiro atoms. The maximum Gasteiger partial charge on any atom is 0.266 e. The van der Waals surface area contributed by atoms with Gasteiger partial charge in [0.1, 0.15) is 0 Å². The number of amides is 2. The number of carbonyl (C=O) groups excluding carboxylic acids is 2. The van der Waals surface area contributed by atoms with Crippen LogP contribution >= 0.6 is 0 Å². The summed E-state index contributed by atoms with van der Waals surface area (Å²) in [7, 11) is 0. The molecule has 0 saturated carbocycles. The van der Waals surface area contributed by atoms with Crippen molar-refractivity contribution in [3.8, 4) is 5.75 Å². The molecule has 1 aliphatic carbocycles. The highest BCUT2D eigenvalue weighted by Crippen LogP contribution is 2.41. The summed E-state index contributed by atoms with van der Waals surface area (Å²) in [6, 6.07) is 12.3. The molecule has 32 heavy (non-hydrogen) atoms. The van der Waals surface area contributed by atoms with Gasteiger partial charge in [-0.1, -0.05) is 50.3 Å². The van der Waals surface area contributed by atoms with E-state index in [1.165, 1.54) is 11.1 Å². The van der Waals surface area contributed by atoms with Crippen LogP contribution in [-0.2, 0) is 9.59 Å². The number of benzene rings is 1. The second-order valence-electron chi connectivity index (χ2n) is 9.15. The predicted octanol–water partition coefficient (Wildman–Crippen LogP) is 4.01. The Morgan fingerprint density at radius 3 is 2.81 bits per heavy atom. The quantitative estimate of drug-likeness (QED) is 0.746. The van der Waals surface area contributed by atoms with Crippen molar-refractivity contribution in [3.63, 3.8) is 0 Å². The van der Waals surface area contributed by atoms with Gasteiger partial charge in [0.05, 0.1) is 0 Å².